The first kappa shape index (κ1) is 26.5. The number of nitrogens with two attached hydrogens (primary N) is 1. The molecule has 4 N–H and O–H groups in total. The molecule has 1 saturated carbocycles. The van der Waals surface area contributed by atoms with Gasteiger partial charge in [0.05, 0.1) is 0 Å². The summed E-state index contributed by atoms with van der Waals surface area (Å²) < 4.78 is 0. The standard InChI is InChI=1S/C26H42ClN9O/c1-16-14-35(25-23(27)30-22(24(28)31-25)26(37)29-19-7-8-19)12-13-36(16)20-6-5-10-34(11-9-20)15-21-17(2)32-33(4)18(21)3/h16-17,19-20,32H,5-15H2,1-4H3,(H2,28,31)(H,29,37). The lowest BCUT2D eigenvalue weighted by atomic mass is 10.0. The molecule has 3 aliphatic heterocycles. The summed E-state index contributed by atoms with van der Waals surface area (Å²) in [7, 11) is 2.10. The summed E-state index contributed by atoms with van der Waals surface area (Å²) in [5.74, 6) is 0.423. The average molecular weight is 532 g/mol. The molecule has 1 amide bonds. The summed E-state index contributed by atoms with van der Waals surface area (Å²) in [5, 5.41) is 5.31. The highest BCUT2D eigenvalue weighted by molar-refractivity contribution is 6.32. The van der Waals surface area contributed by atoms with Crippen molar-refractivity contribution in [1.82, 2.24) is 35.5 Å². The van der Waals surface area contributed by atoms with E-state index in [0.29, 0.717) is 23.9 Å². The predicted molar refractivity (Wildman–Crippen MR) is 147 cm³/mol. The molecule has 1 aromatic heterocycles. The Hall–Kier alpha value is -2.14. The van der Waals surface area contributed by atoms with Gasteiger partial charge in [-0.3, -0.25) is 14.6 Å². The number of hydrogen-bond acceptors (Lipinski definition) is 9. The summed E-state index contributed by atoms with van der Waals surface area (Å²) in [5.41, 5.74) is 12.6. The van der Waals surface area contributed by atoms with Gasteiger partial charge in [-0.1, -0.05) is 11.6 Å². The molecule has 204 valence electrons. The van der Waals surface area contributed by atoms with Crippen LogP contribution in [0.2, 0.25) is 5.15 Å². The number of aromatic nitrogens is 2. The van der Waals surface area contributed by atoms with E-state index in [4.69, 9.17) is 17.3 Å². The van der Waals surface area contributed by atoms with Crippen molar-refractivity contribution in [2.45, 2.75) is 77.0 Å². The molecule has 0 aromatic carbocycles. The molecule has 1 aromatic rings. The lowest BCUT2D eigenvalue weighted by Crippen LogP contribution is -2.56. The zero-order chi connectivity index (χ0) is 26.3. The number of likely N-dealkylation sites (tertiary alicyclic amines) is 1. The van der Waals surface area contributed by atoms with Gasteiger partial charge in [-0.15, -0.1) is 0 Å². The number of nitrogens with one attached hydrogen (secondary N) is 2. The SMILES string of the molecule is CC1=C(CN2CCCC(N3CCN(c4nc(N)c(C(=O)NC5CC5)nc4Cl)CC3C)CC2)C(C)NN1C. The van der Waals surface area contributed by atoms with E-state index in [9.17, 15) is 4.79 Å². The second kappa shape index (κ2) is 10.9. The van der Waals surface area contributed by atoms with E-state index >= 15 is 0 Å². The number of rotatable bonds is 6. The van der Waals surface area contributed by atoms with E-state index < -0.39 is 0 Å². The van der Waals surface area contributed by atoms with Crippen LogP contribution in [0.4, 0.5) is 11.6 Å². The van der Waals surface area contributed by atoms with Crippen LogP contribution < -0.4 is 21.4 Å². The largest absolute Gasteiger partial charge is 0.382 e. The van der Waals surface area contributed by atoms with Crippen LogP contribution >= 0.6 is 11.6 Å². The van der Waals surface area contributed by atoms with E-state index in [1.54, 1.807) is 0 Å². The molecule has 0 radical (unpaired) electrons. The first-order valence-corrected chi connectivity index (χ1v) is 14.2. The molecule has 4 heterocycles. The van der Waals surface area contributed by atoms with Gasteiger partial charge >= 0.3 is 0 Å². The minimum Gasteiger partial charge on any atom is -0.382 e. The molecular formula is C26H42ClN9O. The number of piperazine rings is 1. The highest BCUT2D eigenvalue weighted by Crippen LogP contribution is 2.30. The van der Waals surface area contributed by atoms with Crippen molar-refractivity contribution < 1.29 is 4.79 Å². The van der Waals surface area contributed by atoms with Crippen molar-refractivity contribution in [2.75, 3.05) is 56.9 Å². The topological polar surface area (TPSA) is 106 Å². The van der Waals surface area contributed by atoms with E-state index in [0.717, 1.165) is 52.1 Å². The minimum atomic E-state index is -0.293. The number of nitrogens with zero attached hydrogens (tertiary/aromatic N) is 6. The van der Waals surface area contributed by atoms with Crippen molar-refractivity contribution in [3.63, 3.8) is 0 Å². The first-order chi connectivity index (χ1) is 17.7. The van der Waals surface area contributed by atoms with Crippen molar-refractivity contribution in [3.8, 4) is 0 Å². The zero-order valence-electron chi connectivity index (χ0n) is 22.6. The Bertz CT molecular complexity index is 1050. The van der Waals surface area contributed by atoms with Crippen LogP contribution in [0.1, 0.15) is 63.4 Å². The number of allylic oxidation sites excluding steroid dienone is 1. The van der Waals surface area contributed by atoms with Gasteiger partial charge in [-0.25, -0.2) is 15.4 Å². The van der Waals surface area contributed by atoms with Gasteiger partial charge in [0.2, 0.25) is 0 Å². The Morgan fingerprint density at radius 1 is 1.14 bits per heavy atom. The van der Waals surface area contributed by atoms with Crippen molar-refractivity contribution in [2.24, 2.45) is 0 Å². The van der Waals surface area contributed by atoms with Gasteiger partial charge in [0.15, 0.2) is 22.5 Å². The van der Waals surface area contributed by atoms with Crippen LogP contribution in [0.25, 0.3) is 0 Å². The second-order valence-electron chi connectivity index (χ2n) is 11.2. The molecule has 4 aliphatic rings. The highest BCUT2D eigenvalue weighted by Gasteiger charge is 2.34. The maximum absolute atomic E-state index is 12.4. The molecule has 5 rings (SSSR count). The van der Waals surface area contributed by atoms with Crippen LogP contribution in [-0.4, -0.2) is 101 Å². The molecule has 11 heteroatoms. The van der Waals surface area contributed by atoms with Gasteiger partial charge in [0.25, 0.3) is 5.91 Å². The summed E-state index contributed by atoms with van der Waals surface area (Å²) in [4.78, 5) is 28.8. The maximum Gasteiger partial charge on any atom is 0.274 e. The molecule has 1 aliphatic carbocycles. The lowest BCUT2D eigenvalue weighted by Gasteiger charge is -2.44. The Morgan fingerprint density at radius 2 is 1.92 bits per heavy atom. The molecule has 37 heavy (non-hydrogen) atoms. The molecule has 0 bridgehead atoms. The zero-order valence-corrected chi connectivity index (χ0v) is 23.4. The fraction of sp³-hybridized carbons (Fsp3) is 0.731. The number of nitrogen functional groups attached to an aromatic ring is 1. The van der Waals surface area contributed by atoms with Crippen LogP contribution in [0.5, 0.6) is 0 Å². The van der Waals surface area contributed by atoms with Gasteiger partial charge in [0, 0.05) is 63.1 Å². The third-order valence-electron chi connectivity index (χ3n) is 8.50. The van der Waals surface area contributed by atoms with Crippen molar-refractivity contribution in [3.05, 3.63) is 22.1 Å². The molecule has 2 saturated heterocycles. The lowest BCUT2D eigenvalue weighted by molar-refractivity contribution is 0.0946. The molecule has 0 spiro atoms. The van der Waals surface area contributed by atoms with E-state index in [1.807, 2.05) is 0 Å². The van der Waals surface area contributed by atoms with E-state index in [2.05, 4.69) is 68.2 Å². The maximum atomic E-state index is 12.4. The quantitative estimate of drug-likeness (QED) is 0.508. The number of amides is 1. The predicted octanol–water partition coefficient (Wildman–Crippen LogP) is 2.08. The van der Waals surface area contributed by atoms with E-state index in [-0.39, 0.29) is 28.6 Å². The second-order valence-corrected chi connectivity index (χ2v) is 11.6. The fourth-order valence-corrected chi connectivity index (χ4v) is 6.34. The van der Waals surface area contributed by atoms with Gasteiger partial charge in [0.1, 0.15) is 0 Å². The van der Waals surface area contributed by atoms with Crippen molar-refractivity contribution >= 4 is 29.1 Å². The highest BCUT2D eigenvalue weighted by atomic mass is 35.5. The molecule has 3 unspecified atom stereocenters. The average Bonchev–Trinajstić information content (AvgIpc) is 3.67. The fourth-order valence-electron chi connectivity index (χ4n) is 6.09. The Morgan fingerprint density at radius 3 is 2.59 bits per heavy atom. The molecular weight excluding hydrogens is 490 g/mol. The van der Waals surface area contributed by atoms with Crippen LogP contribution in [0, 0.1) is 0 Å². The molecule has 3 fully saturated rings. The number of hydrazine groups is 1. The normalized spacial score (nSPS) is 28.1. The smallest absolute Gasteiger partial charge is 0.274 e. The summed E-state index contributed by atoms with van der Waals surface area (Å²) >= 11 is 6.52. The van der Waals surface area contributed by atoms with Crippen LogP contribution in [-0.2, 0) is 0 Å². The number of carbonyl (C=O) groups is 1. The number of carbonyl (C=O) groups excluding carboxylic acids is 1. The first-order valence-electron chi connectivity index (χ1n) is 13.8. The minimum absolute atomic E-state index is 0.121. The number of hydrogen-bond donors (Lipinski definition) is 3. The third-order valence-corrected chi connectivity index (χ3v) is 8.75. The van der Waals surface area contributed by atoms with Gasteiger partial charge < -0.3 is 21.0 Å². The summed E-state index contributed by atoms with van der Waals surface area (Å²) in [6, 6.07) is 1.57. The van der Waals surface area contributed by atoms with Crippen LogP contribution in [0.3, 0.4) is 0 Å². The third kappa shape index (κ3) is 5.82. The van der Waals surface area contributed by atoms with Gasteiger partial charge in [-0.2, -0.15) is 0 Å². The molecule has 3 atom stereocenters. The monoisotopic (exact) mass is 531 g/mol. The molecule has 10 nitrogen and oxygen atoms in total. The van der Waals surface area contributed by atoms with E-state index in [1.165, 1.54) is 30.5 Å². The van der Waals surface area contributed by atoms with Crippen LogP contribution in [0.15, 0.2) is 11.3 Å². The number of anilines is 2. The van der Waals surface area contributed by atoms with Crippen molar-refractivity contribution in [1.29, 1.82) is 0 Å². The Balaban J connectivity index is 1.18. The van der Waals surface area contributed by atoms with Gasteiger partial charge in [-0.05, 0) is 71.5 Å². The summed E-state index contributed by atoms with van der Waals surface area (Å²) in [6.45, 7) is 12.7. The Labute approximate surface area is 225 Å². The number of halogens is 1. The Kier molecular flexibility index (Phi) is 7.81. The summed E-state index contributed by atoms with van der Waals surface area (Å²) in [6.07, 6.45) is 5.63.